The highest BCUT2D eigenvalue weighted by Gasteiger charge is 2.22. The molecule has 4 rings (SSSR count). The van der Waals surface area contributed by atoms with Gasteiger partial charge in [-0.25, -0.2) is 0 Å². The van der Waals surface area contributed by atoms with Crippen molar-refractivity contribution in [3.05, 3.63) is 78.0 Å². The molecule has 4 nitrogen and oxygen atoms in total. The van der Waals surface area contributed by atoms with Crippen molar-refractivity contribution in [3.63, 3.8) is 0 Å². The Hall–Kier alpha value is -3.01. The molecule has 1 aromatic heterocycles. The lowest BCUT2D eigenvalue weighted by molar-refractivity contribution is -0.125. The second kappa shape index (κ2) is 8.56. The molecule has 0 fully saturated rings. The Kier molecular flexibility index (Phi) is 5.70. The third kappa shape index (κ3) is 4.21. The highest BCUT2D eigenvalue weighted by molar-refractivity contribution is 5.84. The van der Waals surface area contributed by atoms with E-state index in [1.807, 2.05) is 20.2 Å². The molecule has 0 aliphatic heterocycles. The molecule has 0 spiro atoms. The van der Waals surface area contributed by atoms with Gasteiger partial charge in [0, 0.05) is 55.3 Å². The smallest absolute Gasteiger partial charge is 0.223 e. The molecule has 150 valence electrons. The van der Waals surface area contributed by atoms with Crippen molar-refractivity contribution in [1.29, 1.82) is 0 Å². The number of amides is 1. The van der Waals surface area contributed by atoms with Gasteiger partial charge < -0.3 is 15.2 Å². The van der Waals surface area contributed by atoms with Gasteiger partial charge in [0.05, 0.1) is 0 Å². The van der Waals surface area contributed by atoms with E-state index in [0.717, 1.165) is 24.8 Å². The summed E-state index contributed by atoms with van der Waals surface area (Å²) in [5.74, 6) is 0.370. The Morgan fingerprint density at radius 1 is 1.14 bits per heavy atom. The number of aromatic amines is 1. The van der Waals surface area contributed by atoms with Crippen molar-refractivity contribution >= 4 is 22.5 Å². The van der Waals surface area contributed by atoms with Gasteiger partial charge in [0.25, 0.3) is 0 Å². The highest BCUT2D eigenvalue weighted by Crippen LogP contribution is 2.31. The van der Waals surface area contributed by atoms with Gasteiger partial charge >= 0.3 is 0 Å². The number of carbonyl (C=O) groups excluding carboxylic acids is 1. The number of nitrogens with one attached hydrogen (secondary N) is 2. The number of carbonyl (C=O) groups is 1. The number of H-pyrrole nitrogens is 1. The van der Waals surface area contributed by atoms with Crippen LogP contribution in [0.15, 0.2) is 66.9 Å². The third-order valence-corrected chi connectivity index (χ3v) is 5.93. The van der Waals surface area contributed by atoms with Gasteiger partial charge in [-0.15, -0.1) is 0 Å². The molecule has 2 unspecified atom stereocenters. The number of allylic oxidation sites excluding steroid dienone is 2. The summed E-state index contributed by atoms with van der Waals surface area (Å²) in [5.41, 5.74) is 4.73. The first-order valence-electron chi connectivity index (χ1n) is 10.4. The molecule has 1 aliphatic rings. The van der Waals surface area contributed by atoms with Crippen LogP contribution in [0.3, 0.4) is 0 Å². The number of nitrogens with zero attached hydrogens (tertiary/aromatic N) is 1. The van der Waals surface area contributed by atoms with Gasteiger partial charge in [0.15, 0.2) is 0 Å². The van der Waals surface area contributed by atoms with E-state index >= 15 is 0 Å². The molecule has 1 heterocycles. The monoisotopic (exact) mass is 387 g/mol. The Bertz CT molecular complexity index is 1000. The van der Waals surface area contributed by atoms with Crippen LogP contribution in [-0.2, 0) is 4.79 Å². The second-order valence-corrected chi connectivity index (χ2v) is 8.05. The zero-order valence-corrected chi connectivity index (χ0v) is 17.2. The lowest BCUT2D eigenvalue weighted by Crippen LogP contribution is -2.34. The van der Waals surface area contributed by atoms with Crippen LogP contribution in [0.1, 0.15) is 36.3 Å². The Morgan fingerprint density at radius 3 is 2.66 bits per heavy atom. The summed E-state index contributed by atoms with van der Waals surface area (Å²) in [6.07, 6.45) is 9.18. The number of aromatic nitrogens is 1. The van der Waals surface area contributed by atoms with Crippen molar-refractivity contribution in [2.45, 2.75) is 25.2 Å². The minimum absolute atomic E-state index is 0.0970. The number of benzene rings is 2. The quantitative estimate of drug-likeness (QED) is 0.595. The van der Waals surface area contributed by atoms with E-state index in [4.69, 9.17) is 0 Å². The molecule has 1 amide bonds. The third-order valence-electron chi connectivity index (χ3n) is 5.93. The molecule has 29 heavy (non-hydrogen) atoms. The number of anilines is 1. The molecule has 0 saturated heterocycles. The minimum Gasteiger partial charge on any atom is -0.378 e. The number of hydrogen-bond donors (Lipinski definition) is 2. The Labute approximate surface area is 172 Å². The van der Waals surface area contributed by atoms with Crippen LogP contribution in [0, 0.1) is 5.92 Å². The molecule has 0 radical (unpaired) electrons. The fraction of sp³-hybridized carbons (Fsp3) is 0.320. The van der Waals surface area contributed by atoms with Crippen molar-refractivity contribution in [3.8, 4) is 0 Å². The topological polar surface area (TPSA) is 48.1 Å². The van der Waals surface area contributed by atoms with Gasteiger partial charge in [-0.05, 0) is 48.6 Å². The van der Waals surface area contributed by atoms with E-state index in [2.05, 4.69) is 76.0 Å². The number of hydrogen-bond acceptors (Lipinski definition) is 2. The first-order chi connectivity index (χ1) is 14.1. The summed E-state index contributed by atoms with van der Waals surface area (Å²) >= 11 is 0. The number of rotatable bonds is 6. The average Bonchev–Trinajstić information content (AvgIpc) is 3.19. The Balaban J connectivity index is 1.61. The van der Waals surface area contributed by atoms with Crippen LogP contribution >= 0.6 is 0 Å². The molecule has 2 N–H and O–H groups in total. The summed E-state index contributed by atoms with van der Waals surface area (Å²) in [4.78, 5) is 18.2. The maximum atomic E-state index is 12.8. The molecule has 1 aliphatic carbocycles. The van der Waals surface area contributed by atoms with E-state index < -0.39 is 0 Å². The van der Waals surface area contributed by atoms with Crippen molar-refractivity contribution in [1.82, 2.24) is 10.3 Å². The predicted octanol–water partition coefficient (Wildman–Crippen LogP) is 4.84. The fourth-order valence-corrected chi connectivity index (χ4v) is 4.17. The van der Waals surface area contributed by atoms with Gasteiger partial charge in [0.1, 0.15) is 0 Å². The van der Waals surface area contributed by atoms with E-state index in [1.165, 1.54) is 22.2 Å². The summed E-state index contributed by atoms with van der Waals surface area (Å²) < 4.78 is 0. The zero-order chi connectivity index (χ0) is 20.2. The normalized spacial score (nSPS) is 17.2. The maximum absolute atomic E-state index is 12.8. The lowest BCUT2D eigenvalue weighted by atomic mass is 9.89. The van der Waals surface area contributed by atoms with Crippen LogP contribution in [0.5, 0.6) is 0 Å². The van der Waals surface area contributed by atoms with E-state index in [9.17, 15) is 4.79 Å². The number of fused-ring (bicyclic) bond motifs is 1. The van der Waals surface area contributed by atoms with E-state index in [0.29, 0.717) is 6.54 Å². The molecule has 0 saturated carbocycles. The maximum Gasteiger partial charge on any atom is 0.223 e. The molecule has 2 atom stereocenters. The van der Waals surface area contributed by atoms with Crippen molar-refractivity contribution in [2.24, 2.45) is 5.92 Å². The van der Waals surface area contributed by atoms with Crippen molar-refractivity contribution in [2.75, 3.05) is 25.5 Å². The van der Waals surface area contributed by atoms with E-state index in [1.54, 1.807) is 0 Å². The van der Waals surface area contributed by atoms with E-state index in [-0.39, 0.29) is 17.7 Å². The van der Waals surface area contributed by atoms with Crippen LogP contribution in [-0.4, -0.2) is 31.5 Å². The SMILES string of the molecule is CN(C)c1ccc(C(CNC(=O)C2CC=CCC2)c2c[nH]c3ccccc23)cc1. The van der Waals surface area contributed by atoms with Crippen LogP contribution in [0.2, 0.25) is 0 Å². The zero-order valence-electron chi connectivity index (χ0n) is 17.2. The second-order valence-electron chi connectivity index (χ2n) is 8.05. The van der Waals surface area contributed by atoms with Crippen LogP contribution in [0.4, 0.5) is 5.69 Å². The summed E-state index contributed by atoms with van der Waals surface area (Å²) in [7, 11) is 4.09. The van der Waals surface area contributed by atoms with Crippen molar-refractivity contribution < 1.29 is 4.79 Å². The van der Waals surface area contributed by atoms with Gasteiger partial charge in [-0.3, -0.25) is 4.79 Å². The van der Waals surface area contributed by atoms with Gasteiger partial charge in [0.2, 0.25) is 5.91 Å². The molecular weight excluding hydrogens is 358 g/mol. The molecule has 2 aromatic carbocycles. The predicted molar refractivity (Wildman–Crippen MR) is 120 cm³/mol. The summed E-state index contributed by atoms with van der Waals surface area (Å²) in [5, 5.41) is 4.46. The first-order valence-corrected chi connectivity index (χ1v) is 10.4. The Morgan fingerprint density at radius 2 is 1.93 bits per heavy atom. The summed E-state index contributed by atoms with van der Waals surface area (Å²) in [6.45, 7) is 0.599. The van der Waals surface area contributed by atoms with Crippen LogP contribution in [0.25, 0.3) is 10.9 Å². The molecular formula is C25H29N3O. The van der Waals surface area contributed by atoms with Crippen LogP contribution < -0.4 is 10.2 Å². The molecule has 0 bridgehead atoms. The largest absolute Gasteiger partial charge is 0.378 e. The lowest BCUT2D eigenvalue weighted by Gasteiger charge is -2.22. The fourth-order valence-electron chi connectivity index (χ4n) is 4.17. The highest BCUT2D eigenvalue weighted by atomic mass is 16.1. The standard InChI is InChI=1S/C25H29N3O/c1-28(2)20-14-12-18(13-15-20)22(16-27-25(29)19-8-4-3-5-9-19)23-17-26-24-11-7-6-10-21(23)24/h3-4,6-7,10-15,17,19,22,26H,5,8-9,16H2,1-2H3,(H,27,29). The average molecular weight is 388 g/mol. The summed E-state index contributed by atoms with van der Waals surface area (Å²) in [6, 6.07) is 17.0. The molecule has 4 heteroatoms. The minimum atomic E-state index is 0.0970. The van der Waals surface area contributed by atoms with Gasteiger partial charge in [-0.2, -0.15) is 0 Å². The van der Waals surface area contributed by atoms with Gasteiger partial charge in [-0.1, -0.05) is 42.5 Å². The number of para-hydroxylation sites is 1. The molecule has 3 aromatic rings. The first kappa shape index (κ1) is 19.3.